The number of nitrogen functional groups attached to an aromatic ring is 1. The second-order valence-corrected chi connectivity index (χ2v) is 5.25. The van der Waals surface area contributed by atoms with Gasteiger partial charge in [0.05, 0.1) is 18.4 Å². The average Bonchev–Trinajstić information content (AvgIpc) is 3.01. The zero-order valence-corrected chi connectivity index (χ0v) is 11.5. The fourth-order valence-corrected chi connectivity index (χ4v) is 2.82. The molecule has 0 aliphatic heterocycles. The summed E-state index contributed by atoms with van der Waals surface area (Å²) in [5.41, 5.74) is 6.44. The number of nitrogens with zero attached hydrogens (tertiary/aromatic N) is 2. The summed E-state index contributed by atoms with van der Waals surface area (Å²) in [4.78, 5) is 21.6. The number of rotatable bonds is 3. The molecule has 0 unspecified atom stereocenters. The van der Waals surface area contributed by atoms with E-state index < -0.39 is 0 Å². The molecule has 0 fully saturated rings. The summed E-state index contributed by atoms with van der Waals surface area (Å²) in [5.74, 6) is 0.926. The molecule has 0 radical (unpaired) electrons. The number of carbonyl (C=O) groups excluding carboxylic acids is 1. The Hall–Kier alpha value is -2.41. The Kier molecular flexibility index (Phi) is 3.11. The summed E-state index contributed by atoms with van der Waals surface area (Å²) in [6, 6.07) is 3.64. The number of anilines is 1. The largest absolute Gasteiger partial charge is 0.444 e. The van der Waals surface area contributed by atoms with Crippen molar-refractivity contribution < 1.29 is 9.21 Å². The number of nitrogens with two attached hydrogens (primary N) is 1. The molecule has 3 N–H and O–H groups in total. The summed E-state index contributed by atoms with van der Waals surface area (Å²) < 4.78 is 5.29. The van der Waals surface area contributed by atoms with Crippen LogP contribution in [0.1, 0.15) is 21.3 Å². The summed E-state index contributed by atoms with van der Waals surface area (Å²) >= 11 is 1.27. The fourth-order valence-electron chi connectivity index (χ4n) is 1.84. The molecular weight excluding hydrogens is 276 g/mol. The summed E-state index contributed by atoms with van der Waals surface area (Å²) in [7, 11) is 0. The van der Waals surface area contributed by atoms with E-state index in [2.05, 4.69) is 15.3 Å². The van der Waals surface area contributed by atoms with Crippen LogP contribution in [-0.4, -0.2) is 15.9 Å². The minimum Gasteiger partial charge on any atom is -0.444 e. The number of carbonyl (C=O) groups is 1. The quantitative estimate of drug-likeness (QED) is 0.769. The van der Waals surface area contributed by atoms with Crippen LogP contribution in [0.25, 0.3) is 10.2 Å². The lowest BCUT2D eigenvalue weighted by Gasteiger charge is -2.01. The molecule has 0 aliphatic rings. The van der Waals surface area contributed by atoms with Crippen molar-refractivity contribution in [2.45, 2.75) is 13.5 Å². The van der Waals surface area contributed by atoms with Gasteiger partial charge in [0.2, 0.25) is 5.89 Å². The Balaban J connectivity index is 1.80. The van der Waals surface area contributed by atoms with Gasteiger partial charge >= 0.3 is 0 Å². The number of hydrogen-bond acceptors (Lipinski definition) is 6. The topological polar surface area (TPSA) is 94.0 Å². The second-order valence-electron chi connectivity index (χ2n) is 4.25. The molecule has 0 saturated heterocycles. The molecule has 3 rings (SSSR count). The number of amides is 1. The molecule has 102 valence electrons. The van der Waals surface area contributed by atoms with Gasteiger partial charge in [-0.05, 0) is 19.1 Å². The standard InChI is InChI=1S/C13H12N4O2S/c1-7-5-16-9(19-7)6-17-12(18)11-10(14)8-3-2-4-15-13(8)20-11/h2-5H,6,14H2,1H3,(H,17,18). The lowest BCUT2D eigenvalue weighted by atomic mass is 10.2. The van der Waals surface area contributed by atoms with Gasteiger partial charge in [0, 0.05) is 11.6 Å². The smallest absolute Gasteiger partial charge is 0.264 e. The van der Waals surface area contributed by atoms with Crippen LogP contribution < -0.4 is 11.1 Å². The number of aryl methyl sites for hydroxylation is 1. The number of fused-ring (bicyclic) bond motifs is 1. The average molecular weight is 288 g/mol. The fraction of sp³-hybridized carbons (Fsp3) is 0.154. The molecule has 20 heavy (non-hydrogen) atoms. The monoisotopic (exact) mass is 288 g/mol. The zero-order chi connectivity index (χ0) is 14.1. The Morgan fingerprint density at radius 3 is 3.05 bits per heavy atom. The first kappa shape index (κ1) is 12.6. The van der Waals surface area contributed by atoms with Crippen LogP contribution >= 0.6 is 11.3 Å². The third-order valence-electron chi connectivity index (χ3n) is 2.78. The van der Waals surface area contributed by atoms with Gasteiger partial charge < -0.3 is 15.5 Å². The molecule has 1 amide bonds. The highest BCUT2D eigenvalue weighted by molar-refractivity contribution is 7.21. The van der Waals surface area contributed by atoms with E-state index in [1.807, 2.05) is 6.07 Å². The molecule has 0 spiro atoms. The van der Waals surface area contributed by atoms with Crippen molar-refractivity contribution >= 4 is 33.1 Å². The molecule has 0 atom stereocenters. The van der Waals surface area contributed by atoms with Crippen molar-refractivity contribution in [1.82, 2.24) is 15.3 Å². The summed E-state index contributed by atoms with van der Waals surface area (Å²) in [6.07, 6.45) is 3.29. The Morgan fingerprint density at radius 1 is 1.50 bits per heavy atom. The third kappa shape index (κ3) is 2.23. The Bertz CT molecular complexity index is 778. The van der Waals surface area contributed by atoms with Crippen LogP contribution in [0.15, 0.2) is 28.9 Å². The summed E-state index contributed by atoms with van der Waals surface area (Å²) in [5, 5.41) is 3.54. The van der Waals surface area contributed by atoms with Crippen molar-refractivity contribution in [2.24, 2.45) is 0 Å². The first-order valence-corrected chi connectivity index (χ1v) is 6.79. The van der Waals surface area contributed by atoms with E-state index in [9.17, 15) is 4.79 Å². The second kappa shape index (κ2) is 4.93. The van der Waals surface area contributed by atoms with Gasteiger partial charge in [-0.3, -0.25) is 4.79 Å². The van der Waals surface area contributed by atoms with E-state index in [0.717, 1.165) is 10.2 Å². The maximum absolute atomic E-state index is 12.1. The first-order valence-electron chi connectivity index (χ1n) is 5.97. The molecule has 0 aromatic carbocycles. The third-order valence-corrected chi connectivity index (χ3v) is 3.91. The summed E-state index contributed by atoms with van der Waals surface area (Å²) in [6.45, 7) is 2.03. The van der Waals surface area contributed by atoms with Gasteiger partial charge in [-0.25, -0.2) is 9.97 Å². The Labute approximate surface area is 118 Å². The number of oxazole rings is 1. The first-order chi connectivity index (χ1) is 9.65. The molecule has 0 aliphatic carbocycles. The van der Waals surface area contributed by atoms with Crippen LogP contribution in [0.2, 0.25) is 0 Å². The molecule has 6 nitrogen and oxygen atoms in total. The number of hydrogen-bond donors (Lipinski definition) is 2. The van der Waals surface area contributed by atoms with Crippen molar-refractivity contribution in [3.8, 4) is 0 Å². The molecule has 0 bridgehead atoms. The molecule has 0 saturated carbocycles. The number of nitrogens with one attached hydrogen (secondary N) is 1. The highest BCUT2D eigenvalue weighted by Crippen LogP contribution is 2.31. The lowest BCUT2D eigenvalue weighted by molar-refractivity contribution is 0.0952. The maximum Gasteiger partial charge on any atom is 0.264 e. The van der Waals surface area contributed by atoms with Gasteiger partial charge in [0.15, 0.2) is 0 Å². The van der Waals surface area contributed by atoms with Crippen LogP contribution in [0.5, 0.6) is 0 Å². The number of aromatic nitrogens is 2. The van der Waals surface area contributed by atoms with Gasteiger partial charge in [-0.1, -0.05) is 0 Å². The van der Waals surface area contributed by atoms with Crippen molar-refractivity contribution in [1.29, 1.82) is 0 Å². The minimum absolute atomic E-state index is 0.230. The maximum atomic E-state index is 12.1. The predicted molar refractivity (Wildman–Crippen MR) is 76.4 cm³/mol. The van der Waals surface area contributed by atoms with Crippen LogP contribution in [0, 0.1) is 6.92 Å². The molecule has 3 heterocycles. The van der Waals surface area contributed by atoms with Crippen molar-refractivity contribution in [3.63, 3.8) is 0 Å². The SMILES string of the molecule is Cc1cnc(CNC(=O)c2sc3ncccc3c2N)o1. The van der Waals surface area contributed by atoms with Crippen molar-refractivity contribution in [3.05, 3.63) is 41.1 Å². The van der Waals surface area contributed by atoms with E-state index in [-0.39, 0.29) is 12.5 Å². The van der Waals surface area contributed by atoms with E-state index in [4.69, 9.17) is 10.2 Å². The number of thiophene rings is 1. The number of pyridine rings is 1. The van der Waals surface area contributed by atoms with Crippen LogP contribution in [0.3, 0.4) is 0 Å². The van der Waals surface area contributed by atoms with E-state index in [1.165, 1.54) is 11.3 Å². The van der Waals surface area contributed by atoms with E-state index in [0.29, 0.717) is 22.2 Å². The van der Waals surface area contributed by atoms with E-state index in [1.54, 1.807) is 25.4 Å². The lowest BCUT2D eigenvalue weighted by Crippen LogP contribution is -2.22. The Morgan fingerprint density at radius 2 is 2.35 bits per heavy atom. The molecule has 7 heteroatoms. The van der Waals surface area contributed by atoms with Gasteiger partial charge in [0.1, 0.15) is 15.5 Å². The predicted octanol–water partition coefficient (Wildman–Crippen LogP) is 2.10. The minimum atomic E-state index is -0.249. The molecule has 3 aromatic rings. The zero-order valence-electron chi connectivity index (χ0n) is 10.7. The highest BCUT2D eigenvalue weighted by atomic mass is 32.1. The molecular formula is C13H12N4O2S. The van der Waals surface area contributed by atoms with E-state index >= 15 is 0 Å². The van der Waals surface area contributed by atoms with Crippen LogP contribution in [0.4, 0.5) is 5.69 Å². The van der Waals surface area contributed by atoms with Gasteiger partial charge in [-0.2, -0.15) is 0 Å². The normalized spacial score (nSPS) is 10.8. The van der Waals surface area contributed by atoms with Gasteiger partial charge in [-0.15, -0.1) is 11.3 Å². The molecule has 3 aromatic heterocycles. The highest BCUT2D eigenvalue weighted by Gasteiger charge is 2.17. The van der Waals surface area contributed by atoms with Crippen LogP contribution in [-0.2, 0) is 6.54 Å². The van der Waals surface area contributed by atoms with Crippen molar-refractivity contribution in [2.75, 3.05) is 5.73 Å². The van der Waals surface area contributed by atoms with Gasteiger partial charge in [0.25, 0.3) is 5.91 Å².